The second-order valence-electron chi connectivity index (χ2n) is 4.02. The number of halogens is 1. The van der Waals surface area contributed by atoms with Gasteiger partial charge < -0.3 is 10.4 Å². The van der Waals surface area contributed by atoms with Gasteiger partial charge in [-0.25, -0.2) is 9.78 Å². The third-order valence-electron chi connectivity index (χ3n) is 2.60. The molecule has 2 aromatic rings. The third-order valence-corrected chi connectivity index (χ3v) is 2.91. The van der Waals surface area contributed by atoms with Gasteiger partial charge in [0.25, 0.3) is 5.91 Å². The summed E-state index contributed by atoms with van der Waals surface area (Å²) in [6.07, 6.45) is 1.48. The summed E-state index contributed by atoms with van der Waals surface area (Å²) in [6.45, 7) is 0.201. The van der Waals surface area contributed by atoms with Gasteiger partial charge in [-0.2, -0.15) is 0 Å². The van der Waals surface area contributed by atoms with Crippen molar-refractivity contribution in [2.45, 2.75) is 6.54 Å². The lowest BCUT2D eigenvalue weighted by Crippen LogP contribution is -2.24. The standard InChI is InChI=1S/C14H11ClN2O3/c15-11-5-2-6-16-12(11)13(18)17-8-9-3-1-4-10(7-9)14(19)20/h1-7H,8H2,(H,17,18)(H,19,20). The number of nitrogens with zero attached hydrogens (tertiary/aromatic N) is 1. The molecule has 5 nitrogen and oxygen atoms in total. The van der Waals surface area contributed by atoms with Crippen LogP contribution in [0.2, 0.25) is 5.02 Å². The molecule has 1 aromatic heterocycles. The first-order valence-electron chi connectivity index (χ1n) is 5.79. The average molecular weight is 291 g/mol. The zero-order valence-corrected chi connectivity index (χ0v) is 11.1. The lowest BCUT2D eigenvalue weighted by Gasteiger charge is -2.06. The van der Waals surface area contributed by atoms with Gasteiger partial charge in [-0.05, 0) is 29.8 Å². The van der Waals surface area contributed by atoms with Crippen molar-refractivity contribution in [1.82, 2.24) is 10.3 Å². The Morgan fingerprint density at radius 2 is 2.05 bits per heavy atom. The van der Waals surface area contributed by atoms with Gasteiger partial charge in [0.15, 0.2) is 0 Å². The monoisotopic (exact) mass is 290 g/mol. The molecule has 0 aliphatic heterocycles. The van der Waals surface area contributed by atoms with Crippen molar-refractivity contribution in [3.05, 3.63) is 64.4 Å². The molecule has 2 N–H and O–H groups in total. The number of benzene rings is 1. The van der Waals surface area contributed by atoms with Gasteiger partial charge in [-0.3, -0.25) is 4.79 Å². The molecule has 2 rings (SSSR count). The summed E-state index contributed by atoms with van der Waals surface area (Å²) in [4.78, 5) is 26.6. The molecule has 0 saturated carbocycles. The molecule has 0 aliphatic carbocycles. The number of pyridine rings is 1. The number of carboxylic acids is 1. The molecule has 0 radical (unpaired) electrons. The second kappa shape index (κ2) is 6.16. The van der Waals surface area contributed by atoms with Crippen LogP contribution in [0.4, 0.5) is 0 Å². The summed E-state index contributed by atoms with van der Waals surface area (Å²) in [5.41, 5.74) is 1.00. The predicted octanol–water partition coefficient (Wildman–Crippen LogP) is 2.36. The number of carbonyl (C=O) groups excluding carboxylic acids is 1. The van der Waals surface area contributed by atoms with E-state index in [1.165, 1.54) is 18.3 Å². The largest absolute Gasteiger partial charge is 0.478 e. The highest BCUT2D eigenvalue weighted by Crippen LogP contribution is 2.12. The van der Waals surface area contributed by atoms with Crippen LogP contribution in [0, 0.1) is 0 Å². The summed E-state index contributed by atoms with van der Waals surface area (Å²) < 4.78 is 0. The van der Waals surface area contributed by atoms with Gasteiger partial charge in [0, 0.05) is 12.7 Å². The van der Waals surface area contributed by atoms with Crippen LogP contribution in [0.25, 0.3) is 0 Å². The van der Waals surface area contributed by atoms with Crippen molar-refractivity contribution in [2.24, 2.45) is 0 Å². The van der Waals surface area contributed by atoms with E-state index in [4.69, 9.17) is 16.7 Å². The minimum atomic E-state index is -1.01. The zero-order valence-electron chi connectivity index (χ0n) is 10.3. The molecule has 0 aliphatic rings. The van der Waals surface area contributed by atoms with Gasteiger partial charge in [-0.15, -0.1) is 0 Å². The minimum Gasteiger partial charge on any atom is -0.478 e. The Bertz CT molecular complexity index is 658. The molecule has 20 heavy (non-hydrogen) atoms. The number of nitrogens with one attached hydrogen (secondary N) is 1. The van der Waals surface area contributed by atoms with Crippen LogP contribution in [0.1, 0.15) is 26.4 Å². The van der Waals surface area contributed by atoms with E-state index in [-0.39, 0.29) is 22.8 Å². The van der Waals surface area contributed by atoms with Crippen molar-refractivity contribution >= 4 is 23.5 Å². The average Bonchev–Trinajstić information content (AvgIpc) is 2.45. The summed E-state index contributed by atoms with van der Waals surface area (Å²) in [5, 5.41) is 11.8. The lowest BCUT2D eigenvalue weighted by molar-refractivity contribution is 0.0696. The third kappa shape index (κ3) is 3.33. The number of amides is 1. The quantitative estimate of drug-likeness (QED) is 0.906. The highest BCUT2D eigenvalue weighted by atomic mass is 35.5. The molecule has 6 heteroatoms. The predicted molar refractivity (Wildman–Crippen MR) is 73.8 cm³/mol. The summed E-state index contributed by atoms with van der Waals surface area (Å²) in [6, 6.07) is 9.56. The van der Waals surface area contributed by atoms with E-state index in [9.17, 15) is 9.59 Å². The maximum absolute atomic E-state index is 11.9. The van der Waals surface area contributed by atoms with Crippen LogP contribution < -0.4 is 5.32 Å². The lowest BCUT2D eigenvalue weighted by atomic mass is 10.1. The number of rotatable bonds is 4. The Labute approximate surface area is 120 Å². The number of aromatic carboxylic acids is 1. The molecule has 0 spiro atoms. The van der Waals surface area contributed by atoms with E-state index >= 15 is 0 Å². The Hall–Kier alpha value is -2.40. The van der Waals surface area contributed by atoms with E-state index < -0.39 is 11.9 Å². The first-order chi connectivity index (χ1) is 9.58. The summed E-state index contributed by atoms with van der Waals surface area (Å²) in [7, 11) is 0. The summed E-state index contributed by atoms with van der Waals surface area (Å²) >= 11 is 5.87. The molecule has 0 atom stereocenters. The Kier molecular flexibility index (Phi) is 4.32. The van der Waals surface area contributed by atoms with E-state index in [0.717, 1.165) is 0 Å². The maximum Gasteiger partial charge on any atom is 0.335 e. The zero-order chi connectivity index (χ0) is 14.5. The molecule has 0 bridgehead atoms. The molecule has 1 heterocycles. The second-order valence-corrected chi connectivity index (χ2v) is 4.43. The molecule has 1 amide bonds. The Morgan fingerprint density at radius 1 is 1.25 bits per heavy atom. The number of carboxylic acid groups (broad SMARTS) is 1. The molecule has 1 aromatic carbocycles. The van der Waals surface area contributed by atoms with Crippen LogP contribution in [-0.2, 0) is 6.54 Å². The van der Waals surface area contributed by atoms with Crippen molar-refractivity contribution < 1.29 is 14.7 Å². The van der Waals surface area contributed by atoms with Crippen LogP contribution in [0.3, 0.4) is 0 Å². The normalized spacial score (nSPS) is 10.1. The fourth-order valence-electron chi connectivity index (χ4n) is 1.63. The van der Waals surface area contributed by atoms with Crippen molar-refractivity contribution in [1.29, 1.82) is 0 Å². The van der Waals surface area contributed by atoms with Gasteiger partial charge in [-0.1, -0.05) is 23.7 Å². The minimum absolute atomic E-state index is 0.142. The first kappa shape index (κ1) is 14.0. The van der Waals surface area contributed by atoms with Crippen molar-refractivity contribution in [3.8, 4) is 0 Å². The Balaban J connectivity index is 2.06. The number of carbonyl (C=O) groups is 2. The van der Waals surface area contributed by atoms with Crippen LogP contribution >= 0.6 is 11.6 Å². The molecule has 102 valence electrons. The maximum atomic E-state index is 11.9. The first-order valence-corrected chi connectivity index (χ1v) is 6.16. The highest BCUT2D eigenvalue weighted by Gasteiger charge is 2.11. The van der Waals surface area contributed by atoms with E-state index in [1.807, 2.05) is 0 Å². The number of aromatic nitrogens is 1. The fourth-order valence-corrected chi connectivity index (χ4v) is 1.84. The SMILES string of the molecule is O=C(O)c1cccc(CNC(=O)c2ncccc2Cl)c1. The van der Waals surface area contributed by atoms with Crippen LogP contribution in [0.15, 0.2) is 42.6 Å². The molecule has 0 unspecified atom stereocenters. The fraction of sp³-hybridized carbons (Fsp3) is 0.0714. The van der Waals surface area contributed by atoms with E-state index in [1.54, 1.807) is 24.3 Å². The number of hydrogen-bond acceptors (Lipinski definition) is 3. The highest BCUT2D eigenvalue weighted by molar-refractivity contribution is 6.33. The Morgan fingerprint density at radius 3 is 2.75 bits per heavy atom. The molecule has 0 fully saturated rings. The van der Waals surface area contributed by atoms with Gasteiger partial charge in [0.1, 0.15) is 5.69 Å². The van der Waals surface area contributed by atoms with Gasteiger partial charge >= 0.3 is 5.97 Å². The number of hydrogen-bond donors (Lipinski definition) is 2. The smallest absolute Gasteiger partial charge is 0.335 e. The van der Waals surface area contributed by atoms with E-state index in [2.05, 4.69) is 10.3 Å². The molecule has 0 saturated heterocycles. The van der Waals surface area contributed by atoms with Gasteiger partial charge in [0.2, 0.25) is 0 Å². The summed E-state index contributed by atoms with van der Waals surface area (Å²) in [5.74, 6) is -1.41. The van der Waals surface area contributed by atoms with Crippen LogP contribution in [-0.4, -0.2) is 22.0 Å². The van der Waals surface area contributed by atoms with Crippen molar-refractivity contribution in [3.63, 3.8) is 0 Å². The topological polar surface area (TPSA) is 79.3 Å². The molecular formula is C14H11ClN2O3. The van der Waals surface area contributed by atoms with Gasteiger partial charge in [0.05, 0.1) is 10.6 Å². The molecular weight excluding hydrogens is 280 g/mol. The van der Waals surface area contributed by atoms with Crippen molar-refractivity contribution in [2.75, 3.05) is 0 Å². The van der Waals surface area contributed by atoms with E-state index in [0.29, 0.717) is 5.56 Å². The van der Waals surface area contributed by atoms with Crippen LogP contribution in [0.5, 0.6) is 0 Å².